The van der Waals surface area contributed by atoms with E-state index in [9.17, 15) is 9.59 Å². The number of primary amides is 1. The maximum Gasteiger partial charge on any atom is 0.273 e. The fourth-order valence-corrected chi connectivity index (χ4v) is 2.69. The second-order valence-electron chi connectivity index (χ2n) is 4.50. The zero-order valence-electron chi connectivity index (χ0n) is 10.1. The van der Waals surface area contributed by atoms with E-state index in [0.29, 0.717) is 25.2 Å². The lowest BCUT2D eigenvalue weighted by Crippen LogP contribution is -2.32. The quantitative estimate of drug-likeness (QED) is 0.812. The molecule has 98 valence electrons. The molecule has 6 nitrogen and oxygen atoms in total. The van der Waals surface area contributed by atoms with Crippen LogP contribution in [0.25, 0.3) is 0 Å². The molecule has 2 rings (SSSR count). The van der Waals surface area contributed by atoms with Gasteiger partial charge in [0.05, 0.1) is 12.0 Å². The molecule has 2 atom stereocenters. The summed E-state index contributed by atoms with van der Waals surface area (Å²) in [5, 5.41) is 2.45. The summed E-state index contributed by atoms with van der Waals surface area (Å²) in [7, 11) is 0. The molecule has 2 amide bonds. The van der Waals surface area contributed by atoms with Gasteiger partial charge in [0.1, 0.15) is 10.7 Å². The van der Waals surface area contributed by atoms with Gasteiger partial charge >= 0.3 is 0 Å². The zero-order valence-corrected chi connectivity index (χ0v) is 10.9. The van der Waals surface area contributed by atoms with Crippen LogP contribution >= 0.6 is 11.3 Å². The van der Waals surface area contributed by atoms with Crippen LogP contribution < -0.4 is 11.5 Å². The van der Waals surface area contributed by atoms with Crippen molar-refractivity contribution in [1.82, 2.24) is 9.88 Å². The summed E-state index contributed by atoms with van der Waals surface area (Å²) < 4.78 is 0. The van der Waals surface area contributed by atoms with Gasteiger partial charge in [0.2, 0.25) is 5.91 Å². The van der Waals surface area contributed by atoms with E-state index in [1.165, 1.54) is 11.3 Å². The second-order valence-corrected chi connectivity index (χ2v) is 5.39. The van der Waals surface area contributed by atoms with E-state index in [-0.39, 0.29) is 23.8 Å². The van der Waals surface area contributed by atoms with Crippen LogP contribution in [-0.4, -0.2) is 34.8 Å². The lowest BCUT2D eigenvalue weighted by Gasteiger charge is -2.14. The number of nitrogens with two attached hydrogens (primary N) is 2. The van der Waals surface area contributed by atoms with Crippen molar-refractivity contribution in [2.45, 2.75) is 19.4 Å². The molecule has 4 N–H and O–H groups in total. The third-order valence-electron chi connectivity index (χ3n) is 3.01. The Morgan fingerprint density at radius 3 is 2.83 bits per heavy atom. The molecule has 0 aromatic carbocycles. The second kappa shape index (κ2) is 5.03. The molecule has 18 heavy (non-hydrogen) atoms. The van der Waals surface area contributed by atoms with Crippen molar-refractivity contribution in [1.29, 1.82) is 0 Å². The number of nitrogens with zero attached hydrogens (tertiary/aromatic N) is 2. The van der Waals surface area contributed by atoms with Gasteiger partial charge in [-0.15, -0.1) is 11.3 Å². The van der Waals surface area contributed by atoms with E-state index < -0.39 is 0 Å². The third kappa shape index (κ3) is 2.51. The summed E-state index contributed by atoms with van der Waals surface area (Å²) in [4.78, 5) is 29.0. The van der Waals surface area contributed by atoms with Crippen LogP contribution in [0.4, 0.5) is 0 Å². The first-order valence-corrected chi connectivity index (χ1v) is 6.66. The molecule has 0 aliphatic carbocycles. The molecule has 2 heterocycles. The average molecular weight is 268 g/mol. The Labute approximate surface area is 109 Å². The molecular formula is C11H16N4O2S. The molecule has 7 heteroatoms. The largest absolute Gasteiger partial charge is 0.369 e. The summed E-state index contributed by atoms with van der Waals surface area (Å²) in [6.45, 7) is 2.77. The highest BCUT2D eigenvalue weighted by atomic mass is 32.1. The van der Waals surface area contributed by atoms with E-state index in [1.807, 2.05) is 6.92 Å². The van der Waals surface area contributed by atoms with Crippen LogP contribution in [0.1, 0.15) is 34.9 Å². The van der Waals surface area contributed by atoms with E-state index in [4.69, 9.17) is 11.5 Å². The number of aromatic nitrogens is 1. The minimum Gasteiger partial charge on any atom is -0.369 e. The van der Waals surface area contributed by atoms with Crippen LogP contribution in [0.2, 0.25) is 0 Å². The predicted octanol–water partition coefficient (Wildman–Crippen LogP) is 0.110. The molecule has 0 bridgehead atoms. The number of hydrogen-bond acceptors (Lipinski definition) is 5. The van der Waals surface area contributed by atoms with Gasteiger partial charge in [-0.1, -0.05) is 0 Å². The number of likely N-dealkylation sites (tertiary alicyclic amines) is 1. The van der Waals surface area contributed by atoms with Gasteiger partial charge in [0.15, 0.2) is 0 Å². The highest BCUT2D eigenvalue weighted by Gasteiger charge is 2.31. The van der Waals surface area contributed by atoms with E-state index >= 15 is 0 Å². The first-order valence-electron chi connectivity index (χ1n) is 5.78. The summed E-state index contributed by atoms with van der Waals surface area (Å²) in [5.41, 5.74) is 11.3. The van der Waals surface area contributed by atoms with Crippen molar-refractivity contribution in [2.75, 3.05) is 13.1 Å². The van der Waals surface area contributed by atoms with Crippen molar-refractivity contribution in [3.05, 3.63) is 16.1 Å². The van der Waals surface area contributed by atoms with Crippen molar-refractivity contribution in [2.24, 2.45) is 17.4 Å². The Bertz CT molecular complexity index is 471. The topological polar surface area (TPSA) is 102 Å². The summed E-state index contributed by atoms with van der Waals surface area (Å²) in [6.07, 6.45) is 0.630. The van der Waals surface area contributed by atoms with E-state index in [2.05, 4.69) is 4.98 Å². The van der Waals surface area contributed by atoms with Crippen molar-refractivity contribution in [3.63, 3.8) is 0 Å². The molecule has 0 saturated carbocycles. The van der Waals surface area contributed by atoms with Crippen molar-refractivity contribution in [3.8, 4) is 0 Å². The zero-order chi connectivity index (χ0) is 13.3. The Balaban J connectivity index is 2.05. The SMILES string of the molecule is CC(N)c1nc(C(=O)N2CCC(C(N)=O)C2)cs1. The number of carbonyl (C=O) groups excluding carboxylic acids is 2. The van der Waals surface area contributed by atoms with Gasteiger partial charge in [-0.25, -0.2) is 4.98 Å². The van der Waals surface area contributed by atoms with Crippen molar-refractivity contribution >= 4 is 23.2 Å². The third-order valence-corrected chi connectivity index (χ3v) is 4.05. The van der Waals surface area contributed by atoms with Gasteiger partial charge in [0, 0.05) is 18.5 Å². The number of carbonyl (C=O) groups is 2. The molecule has 0 spiro atoms. The van der Waals surface area contributed by atoms with Gasteiger partial charge in [-0.3, -0.25) is 9.59 Å². The highest BCUT2D eigenvalue weighted by molar-refractivity contribution is 7.09. The summed E-state index contributed by atoms with van der Waals surface area (Å²) in [6, 6.07) is -0.173. The van der Waals surface area contributed by atoms with Gasteiger partial charge in [-0.2, -0.15) is 0 Å². The fourth-order valence-electron chi connectivity index (χ4n) is 1.93. The summed E-state index contributed by atoms with van der Waals surface area (Å²) >= 11 is 1.38. The predicted molar refractivity (Wildman–Crippen MR) is 67.9 cm³/mol. The maximum absolute atomic E-state index is 12.1. The minimum atomic E-state index is -0.347. The van der Waals surface area contributed by atoms with Gasteiger partial charge in [-0.05, 0) is 13.3 Å². The molecule has 0 radical (unpaired) electrons. The van der Waals surface area contributed by atoms with Gasteiger partial charge < -0.3 is 16.4 Å². The lowest BCUT2D eigenvalue weighted by molar-refractivity contribution is -0.121. The van der Waals surface area contributed by atoms with Crippen LogP contribution in [0.3, 0.4) is 0 Å². The van der Waals surface area contributed by atoms with Crippen LogP contribution in [0.5, 0.6) is 0 Å². The number of thiazole rings is 1. The normalized spacial score (nSPS) is 21.0. The molecule has 1 aromatic rings. The Morgan fingerprint density at radius 2 is 2.33 bits per heavy atom. The molecule has 1 aromatic heterocycles. The Kier molecular flexibility index (Phi) is 3.63. The van der Waals surface area contributed by atoms with E-state index in [0.717, 1.165) is 5.01 Å². The van der Waals surface area contributed by atoms with Crippen molar-refractivity contribution < 1.29 is 9.59 Å². The summed E-state index contributed by atoms with van der Waals surface area (Å²) in [5.74, 6) is -0.734. The maximum atomic E-state index is 12.1. The van der Waals surface area contributed by atoms with Crippen LogP contribution in [0.15, 0.2) is 5.38 Å². The number of hydrogen-bond donors (Lipinski definition) is 2. The van der Waals surface area contributed by atoms with Gasteiger partial charge in [0.25, 0.3) is 5.91 Å². The average Bonchev–Trinajstić information content (AvgIpc) is 2.97. The lowest BCUT2D eigenvalue weighted by atomic mass is 10.1. The number of rotatable bonds is 3. The first kappa shape index (κ1) is 13.0. The first-order chi connectivity index (χ1) is 8.49. The molecule has 1 aliphatic heterocycles. The molecule has 2 unspecified atom stereocenters. The molecule has 1 aliphatic rings. The standard InChI is InChI=1S/C11H16N4O2S/c1-6(12)10-14-8(5-18-10)11(17)15-3-2-7(4-15)9(13)16/h5-7H,2-4,12H2,1H3,(H2,13,16). The number of amides is 2. The highest BCUT2D eigenvalue weighted by Crippen LogP contribution is 2.21. The molecule has 1 saturated heterocycles. The molecule has 1 fully saturated rings. The Hall–Kier alpha value is -1.47. The van der Waals surface area contributed by atoms with Crippen LogP contribution in [-0.2, 0) is 4.79 Å². The Morgan fingerprint density at radius 1 is 1.61 bits per heavy atom. The molecular weight excluding hydrogens is 252 g/mol. The monoisotopic (exact) mass is 268 g/mol. The van der Waals surface area contributed by atoms with Crippen LogP contribution in [0, 0.1) is 5.92 Å². The fraction of sp³-hybridized carbons (Fsp3) is 0.545. The van der Waals surface area contributed by atoms with E-state index in [1.54, 1.807) is 10.3 Å². The smallest absolute Gasteiger partial charge is 0.273 e. The minimum absolute atomic E-state index is 0.151.